The number of anilines is 1. The summed E-state index contributed by atoms with van der Waals surface area (Å²) in [5, 5.41) is 4.80. The first-order valence-electron chi connectivity index (χ1n) is 9.36. The second-order valence-corrected chi connectivity index (χ2v) is 8.94. The topological polar surface area (TPSA) is 77.5 Å². The second kappa shape index (κ2) is 8.89. The van der Waals surface area contributed by atoms with E-state index >= 15 is 0 Å². The lowest BCUT2D eigenvalue weighted by Gasteiger charge is -2.09. The van der Waals surface area contributed by atoms with Gasteiger partial charge in [0, 0.05) is 16.6 Å². The van der Waals surface area contributed by atoms with Crippen molar-refractivity contribution in [3.8, 4) is 11.5 Å². The number of Topliss-reactive ketones (excluding diaryl/α,β-unsaturated/α-hetero) is 1. The van der Waals surface area contributed by atoms with Crippen molar-refractivity contribution in [3.63, 3.8) is 0 Å². The maximum Gasteiger partial charge on any atom is 0.231 e. The molecule has 0 saturated carbocycles. The van der Waals surface area contributed by atoms with Gasteiger partial charge in [0.05, 0.1) is 17.9 Å². The van der Waals surface area contributed by atoms with Crippen LogP contribution in [0, 0.1) is 13.8 Å². The SMILES string of the molecule is Cc1cccc(NC(=O)Cc2csc(SCC(=O)c3ccc4c(c3)OCO4)n2)c1C. The van der Waals surface area contributed by atoms with E-state index in [4.69, 9.17) is 9.47 Å². The van der Waals surface area contributed by atoms with E-state index in [1.54, 1.807) is 18.2 Å². The van der Waals surface area contributed by atoms with Gasteiger partial charge >= 0.3 is 0 Å². The summed E-state index contributed by atoms with van der Waals surface area (Å²) >= 11 is 2.80. The molecule has 8 heteroatoms. The van der Waals surface area contributed by atoms with E-state index in [2.05, 4.69) is 10.3 Å². The number of nitrogens with one attached hydrogen (secondary N) is 1. The van der Waals surface area contributed by atoms with E-state index in [1.807, 2.05) is 37.4 Å². The molecule has 0 saturated heterocycles. The highest BCUT2D eigenvalue weighted by Crippen LogP contribution is 2.33. The molecule has 0 fully saturated rings. The molecule has 3 aromatic rings. The maximum atomic E-state index is 12.5. The normalized spacial score (nSPS) is 12.1. The Balaban J connectivity index is 1.31. The highest BCUT2D eigenvalue weighted by atomic mass is 32.2. The third-order valence-electron chi connectivity index (χ3n) is 4.77. The number of hydrogen-bond donors (Lipinski definition) is 1. The fraction of sp³-hybridized carbons (Fsp3) is 0.227. The molecule has 1 aliphatic heterocycles. The Hall–Kier alpha value is -2.84. The van der Waals surface area contributed by atoms with Crippen LogP contribution in [-0.4, -0.2) is 29.2 Å². The summed E-state index contributed by atoms with van der Waals surface area (Å²) in [6.07, 6.45) is 0.195. The monoisotopic (exact) mass is 440 g/mol. The van der Waals surface area contributed by atoms with Gasteiger partial charge in [0.1, 0.15) is 0 Å². The largest absolute Gasteiger partial charge is 0.454 e. The van der Waals surface area contributed by atoms with Crippen molar-refractivity contribution in [3.05, 3.63) is 64.2 Å². The molecule has 154 valence electrons. The standard InChI is InChI=1S/C22H20N2O4S2/c1-13-4-3-5-17(14(13)2)24-21(26)9-16-10-29-22(23-16)30-11-18(25)15-6-7-19-20(8-15)28-12-27-19/h3-8,10H,9,11-12H2,1-2H3,(H,24,26). The van der Waals surface area contributed by atoms with Gasteiger partial charge in [0.25, 0.3) is 0 Å². The van der Waals surface area contributed by atoms with Crippen molar-refractivity contribution >= 4 is 40.5 Å². The number of thiazole rings is 1. The Morgan fingerprint density at radius 3 is 2.87 bits per heavy atom. The zero-order valence-corrected chi connectivity index (χ0v) is 18.2. The minimum absolute atomic E-state index is 0.0114. The van der Waals surface area contributed by atoms with E-state index in [0.717, 1.165) is 21.2 Å². The number of ether oxygens (including phenoxy) is 2. The molecule has 4 rings (SSSR count). The summed E-state index contributed by atoms with van der Waals surface area (Å²) in [5.74, 6) is 1.39. The predicted octanol–water partition coefficient (Wildman–Crippen LogP) is 4.64. The number of aromatic nitrogens is 1. The Labute approximate surface area is 182 Å². The molecule has 0 atom stereocenters. The first-order valence-corrected chi connectivity index (χ1v) is 11.2. The lowest BCUT2D eigenvalue weighted by Crippen LogP contribution is -2.15. The third kappa shape index (κ3) is 4.66. The average Bonchev–Trinajstić information content (AvgIpc) is 3.38. The van der Waals surface area contributed by atoms with E-state index < -0.39 is 0 Å². The van der Waals surface area contributed by atoms with Crippen molar-refractivity contribution in [1.29, 1.82) is 0 Å². The molecule has 0 unspecified atom stereocenters. The number of benzene rings is 2. The zero-order chi connectivity index (χ0) is 21.1. The fourth-order valence-corrected chi connectivity index (χ4v) is 4.70. The summed E-state index contributed by atoms with van der Waals surface area (Å²) in [7, 11) is 0. The zero-order valence-electron chi connectivity index (χ0n) is 16.6. The number of hydrogen-bond acceptors (Lipinski definition) is 7. The van der Waals surface area contributed by atoms with Crippen LogP contribution in [0.3, 0.4) is 0 Å². The van der Waals surface area contributed by atoms with Gasteiger partial charge in [-0.05, 0) is 49.2 Å². The van der Waals surface area contributed by atoms with Crippen molar-refractivity contribution in [2.75, 3.05) is 17.9 Å². The molecule has 30 heavy (non-hydrogen) atoms. The quantitative estimate of drug-likeness (QED) is 0.426. The first-order chi connectivity index (χ1) is 14.5. The molecule has 6 nitrogen and oxygen atoms in total. The van der Waals surface area contributed by atoms with E-state index in [1.165, 1.54) is 23.1 Å². The first kappa shape index (κ1) is 20.4. The van der Waals surface area contributed by atoms with Crippen LogP contribution in [0.2, 0.25) is 0 Å². The molecule has 0 spiro atoms. The molecule has 2 aromatic carbocycles. The van der Waals surface area contributed by atoms with Crippen LogP contribution in [0.25, 0.3) is 0 Å². The number of carbonyl (C=O) groups is 2. The van der Waals surface area contributed by atoms with Gasteiger partial charge in [-0.3, -0.25) is 9.59 Å². The molecule has 0 radical (unpaired) electrons. The lowest BCUT2D eigenvalue weighted by molar-refractivity contribution is -0.115. The number of aryl methyl sites for hydroxylation is 1. The fourth-order valence-electron chi connectivity index (χ4n) is 2.96. The van der Waals surface area contributed by atoms with Crippen LogP contribution < -0.4 is 14.8 Å². The predicted molar refractivity (Wildman–Crippen MR) is 118 cm³/mol. The van der Waals surface area contributed by atoms with Crippen molar-refractivity contribution in [2.24, 2.45) is 0 Å². The Bertz CT molecular complexity index is 1110. The van der Waals surface area contributed by atoms with Crippen LogP contribution in [0.1, 0.15) is 27.2 Å². The highest BCUT2D eigenvalue weighted by molar-refractivity contribution is 8.01. The second-order valence-electron chi connectivity index (χ2n) is 6.86. The molecule has 0 aliphatic carbocycles. The molecule has 1 aromatic heterocycles. The number of rotatable bonds is 7. The summed E-state index contributed by atoms with van der Waals surface area (Å²) in [4.78, 5) is 29.3. The van der Waals surface area contributed by atoms with Crippen molar-refractivity contribution in [1.82, 2.24) is 4.98 Å². The van der Waals surface area contributed by atoms with Gasteiger partial charge in [0.2, 0.25) is 12.7 Å². The van der Waals surface area contributed by atoms with Crippen LogP contribution in [0.15, 0.2) is 46.1 Å². The van der Waals surface area contributed by atoms with Crippen LogP contribution in [-0.2, 0) is 11.2 Å². The van der Waals surface area contributed by atoms with Crippen molar-refractivity contribution in [2.45, 2.75) is 24.6 Å². The Kier molecular flexibility index (Phi) is 6.06. The van der Waals surface area contributed by atoms with Crippen LogP contribution in [0.4, 0.5) is 5.69 Å². The molecule has 2 heterocycles. The van der Waals surface area contributed by atoms with E-state index in [0.29, 0.717) is 22.8 Å². The van der Waals surface area contributed by atoms with Gasteiger partial charge in [-0.1, -0.05) is 23.9 Å². The van der Waals surface area contributed by atoms with Gasteiger partial charge in [-0.25, -0.2) is 4.98 Å². The molecule has 0 bridgehead atoms. The molecular formula is C22H20N2O4S2. The highest BCUT2D eigenvalue weighted by Gasteiger charge is 2.17. The minimum Gasteiger partial charge on any atom is -0.454 e. The van der Waals surface area contributed by atoms with Gasteiger partial charge < -0.3 is 14.8 Å². The number of thioether (sulfide) groups is 1. The number of amides is 1. The lowest BCUT2D eigenvalue weighted by atomic mass is 10.1. The number of nitrogens with zero attached hydrogens (tertiary/aromatic N) is 1. The van der Waals surface area contributed by atoms with Gasteiger partial charge in [-0.15, -0.1) is 11.3 Å². The summed E-state index contributed by atoms with van der Waals surface area (Å²) < 4.78 is 11.3. The molecule has 1 N–H and O–H groups in total. The van der Waals surface area contributed by atoms with E-state index in [-0.39, 0.29) is 30.7 Å². The van der Waals surface area contributed by atoms with Crippen molar-refractivity contribution < 1.29 is 19.1 Å². The van der Waals surface area contributed by atoms with E-state index in [9.17, 15) is 9.59 Å². The summed E-state index contributed by atoms with van der Waals surface area (Å²) in [5.41, 5.74) is 4.28. The van der Waals surface area contributed by atoms with Gasteiger partial charge in [0.15, 0.2) is 21.6 Å². The molecule has 1 aliphatic rings. The Morgan fingerprint density at radius 2 is 2.00 bits per heavy atom. The number of fused-ring (bicyclic) bond motifs is 1. The minimum atomic E-state index is -0.109. The van der Waals surface area contributed by atoms with Crippen LogP contribution >= 0.6 is 23.1 Å². The maximum absolute atomic E-state index is 12.5. The van der Waals surface area contributed by atoms with Gasteiger partial charge in [-0.2, -0.15) is 0 Å². The molecule has 1 amide bonds. The number of ketones is 1. The Morgan fingerprint density at radius 1 is 1.17 bits per heavy atom. The third-order valence-corrected chi connectivity index (χ3v) is 6.84. The average molecular weight is 441 g/mol. The van der Waals surface area contributed by atoms with Crippen LogP contribution in [0.5, 0.6) is 11.5 Å². The smallest absolute Gasteiger partial charge is 0.231 e. The molecular weight excluding hydrogens is 420 g/mol. The summed E-state index contributed by atoms with van der Waals surface area (Å²) in [6, 6.07) is 11.0. The number of carbonyl (C=O) groups excluding carboxylic acids is 2. The summed E-state index contributed by atoms with van der Waals surface area (Å²) in [6.45, 7) is 4.18.